The van der Waals surface area contributed by atoms with E-state index in [2.05, 4.69) is 174 Å². The topological polar surface area (TPSA) is 23.4 Å². The highest BCUT2D eigenvalue weighted by Crippen LogP contribution is 2.60. The zero-order valence-electron chi connectivity index (χ0n) is 33.0. The Morgan fingerprint density at radius 2 is 0.947 bits per heavy atom. The van der Waals surface area contributed by atoms with Crippen LogP contribution in [0.1, 0.15) is 74.9 Å². The van der Waals surface area contributed by atoms with Crippen molar-refractivity contribution in [3.05, 3.63) is 167 Å². The smallest absolute Gasteiger partial charge is 0.261 e. The maximum Gasteiger partial charge on any atom is 0.261 e. The zero-order valence-corrected chi connectivity index (χ0v) is 33.0. The van der Waals surface area contributed by atoms with Crippen LogP contribution in [0.4, 0.5) is 0 Å². The molecule has 1 aromatic heterocycles. The standard InChI is InChI=1S/C53H40BNO2/c1-51(2,3)31-22-25-38-33(27-31)34-28-32(52(4,5)6)23-26-39(34)55(38)40-24-21-30-20-19-29-11-7-12-35-45(29)46(30)47(40)53(35)36-13-8-15-41-48(36)54-49-37(53)14-9-16-42(49)57-44-18-10-17-43(56-41)50(44)54/h7-28H,1-6H3. The van der Waals surface area contributed by atoms with Gasteiger partial charge in [0.25, 0.3) is 6.71 Å². The van der Waals surface area contributed by atoms with Gasteiger partial charge in [-0.1, -0.05) is 120 Å². The third-order valence-corrected chi connectivity index (χ3v) is 13.8. The fraction of sp³-hybridized carbons (Fsp3) is 0.170. The first kappa shape index (κ1) is 31.9. The highest BCUT2D eigenvalue weighted by atomic mass is 16.5. The van der Waals surface area contributed by atoms with Crippen LogP contribution in [-0.2, 0) is 16.2 Å². The number of nitrogens with zero attached hydrogens (tertiary/aromatic N) is 1. The predicted octanol–water partition coefficient (Wildman–Crippen LogP) is 11.4. The lowest BCUT2D eigenvalue weighted by Crippen LogP contribution is -2.65. The molecule has 57 heavy (non-hydrogen) atoms. The Labute approximate surface area is 332 Å². The van der Waals surface area contributed by atoms with Crippen molar-refractivity contribution in [3.63, 3.8) is 0 Å². The van der Waals surface area contributed by atoms with Crippen LogP contribution in [0.25, 0.3) is 49.0 Å². The second-order valence-electron chi connectivity index (χ2n) is 18.8. The van der Waals surface area contributed by atoms with Gasteiger partial charge in [0.2, 0.25) is 0 Å². The SMILES string of the molecule is CC(C)(C)c1ccc2c(c1)c1cc(C(C)(C)C)ccc1n2-c1ccc2ccc3cccc4c3c2c1C41c2cccc3c2B2c4c(cccc4Oc4cccc1c42)O3. The van der Waals surface area contributed by atoms with Crippen molar-refractivity contribution < 1.29 is 9.47 Å². The summed E-state index contributed by atoms with van der Waals surface area (Å²) in [6, 6.07) is 50.5. The molecule has 3 aliphatic heterocycles. The minimum atomic E-state index is -0.651. The highest BCUT2D eigenvalue weighted by Gasteiger charge is 2.57. The Bertz CT molecular complexity index is 3190. The number of hydrogen-bond acceptors (Lipinski definition) is 2. The fourth-order valence-electron chi connectivity index (χ4n) is 11.3. The monoisotopic (exact) mass is 733 g/mol. The molecular weight excluding hydrogens is 693 g/mol. The van der Waals surface area contributed by atoms with Crippen LogP contribution in [0.2, 0.25) is 0 Å². The Morgan fingerprint density at radius 3 is 1.51 bits per heavy atom. The normalized spacial score (nSPS) is 15.2. The molecule has 272 valence electrons. The molecule has 0 amide bonds. The zero-order chi connectivity index (χ0) is 38.3. The molecule has 9 aromatic rings. The van der Waals surface area contributed by atoms with Gasteiger partial charge in [0, 0.05) is 21.8 Å². The van der Waals surface area contributed by atoms with Crippen molar-refractivity contribution in [2.75, 3.05) is 0 Å². The molecule has 0 radical (unpaired) electrons. The van der Waals surface area contributed by atoms with E-state index in [1.165, 1.54) is 93.3 Å². The molecule has 13 rings (SSSR count). The maximum atomic E-state index is 6.89. The van der Waals surface area contributed by atoms with Gasteiger partial charge in [0.1, 0.15) is 23.0 Å². The molecule has 4 aliphatic rings. The minimum absolute atomic E-state index is 0.00664. The van der Waals surface area contributed by atoms with Crippen LogP contribution < -0.4 is 25.9 Å². The first-order valence-electron chi connectivity index (χ1n) is 20.4. The Kier molecular flexibility index (Phi) is 5.70. The van der Waals surface area contributed by atoms with E-state index in [9.17, 15) is 0 Å². The molecule has 0 bridgehead atoms. The summed E-state index contributed by atoms with van der Waals surface area (Å²) in [5, 5.41) is 7.77. The van der Waals surface area contributed by atoms with Crippen molar-refractivity contribution in [1.29, 1.82) is 0 Å². The first-order valence-corrected chi connectivity index (χ1v) is 20.4. The van der Waals surface area contributed by atoms with Crippen LogP contribution >= 0.6 is 0 Å². The number of rotatable bonds is 1. The molecule has 4 heteroatoms. The van der Waals surface area contributed by atoms with Crippen LogP contribution in [0, 0.1) is 0 Å². The van der Waals surface area contributed by atoms with E-state index in [-0.39, 0.29) is 17.5 Å². The number of benzene rings is 8. The fourth-order valence-corrected chi connectivity index (χ4v) is 11.3. The lowest BCUT2D eigenvalue weighted by molar-refractivity contribution is 0.461. The molecule has 0 saturated heterocycles. The number of ether oxygens (including phenoxy) is 2. The largest absolute Gasteiger partial charge is 0.458 e. The summed E-state index contributed by atoms with van der Waals surface area (Å²) in [7, 11) is 0. The van der Waals surface area contributed by atoms with E-state index in [4.69, 9.17) is 9.47 Å². The summed E-state index contributed by atoms with van der Waals surface area (Å²) in [6.45, 7) is 13.9. The molecule has 0 fully saturated rings. The maximum absolute atomic E-state index is 6.89. The Morgan fingerprint density at radius 1 is 0.474 bits per heavy atom. The van der Waals surface area contributed by atoms with Crippen LogP contribution in [0.3, 0.4) is 0 Å². The lowest BCUT2D eigenvalue weighted by atomic mass is 9.29. The number of hydrogen-bond donors (Lipinski definition) is 0. The summed E-state index contributed by atoms with van der Waals surface area (Å²) in [6.07, 6.45) is 0. The molecule has 0 unspecified atom stereocenters. The molecular formula is C53H40BNO2. The summed E-state index contributed by atoms with van der Waals surface area (Å²) < 4.78 is 16.4. The van der Waals surface area contributed by atoms with E-state index in [0.29, 0.717) is 0 Å². The molecule has 0 atom stereocenters. The molecule has 8 aromatic carbocycles. The quantitative estimate of drug-likeness (QED) is 0.124. The lowest BCUT2D eigenvalue weighted by Gasteiger charge is -2.47. The van der Waals surface area contributed by atoms with E-state index in [0.717, 1.165) is 28.5 Å². The summed E-state index contributed by atoms with van der Waals surface area (Å²) in [5.41, 5.74) is 14.6. The van der Waals surface area contributed by atoms with Crippen molar-refractivity contribution >= 4 is 66.5 Å². The van der Waals surface area contributed by atoms with E-state index in [1.54, 1.807) is 0 Å². The second kappa shape index (κ2) is 10.2. The minimum Gasteiger partial charge on any atom is -0.458 e. The van der Waals surface area contributed by atoms with Gasteiger partial charge < -0.3 is 14.0 Å². The van der Waals surface area contributed by atoms with Gasteiger partial charge >= 0.3 is 0 Å². The van der Waals surface area contributed by atoms with E-state index < -0.39 is 5.41 Å². The first-order chi connectivity index (χ1) is 27.5. The summed E-state index contributed by atoms with van der Waals surface area (Å²) in [4.78, 5) is 0. The molecule has 0 N–H and O–H groups in total. The number of aromatic nitrogens is 1. The third kappa shape index (κ3) is 3.76. The van der Waals surface area contributed by atoms with Crippen molar-refractivity contribution in [2.45, 2.75) is 57.8 Å². The highest BCUT2D eigenvalue weighted by molar-refractivity contribution is 6.99. The van der Waals surface area contributed by atoms with Gasteiger partial charge in [-0.15, -0.1) is 0 Å². The molecule has 1 spiro atoms. The average molecular weight is 734 g/mol. The molecule has 3 nitrogen and oxygen atoms in total. The van der Waals surface area contributed by atoms with Gasteiger partial charge in [-0.3, -0.25) is 0 Å². The number of fused-ring (bicyclic) bond motifs is 7. The van der Waals surface area contributed by atoms with Crippen molar-refractivity contribution in [2.24, 2.45) is 0 Å². The van der Waals surface area contributed by atoms with E-state index >= 15 is 0 Å². The Hall–Kier alpha value is -6.26. The summed E-state index contributed by atoms with van der Waals surface area (Å²) >= 11 is 0. The third-order valence-electron chi connectivity index (χ3n) is 13.8. The predicted molar refractivity (Wildman–Crippen MR) is 236 cm³/mol. The van der Waals surface area contributed by atoms with Gasteiger partial charge in [-0.05, 0) is 126 Å². The molecule has 0 saturated carbocycles. The van der Waals surface area contributed by atoms with Crippen LogP contribution in [-0.4, -0.2) is 11.3 Å². The Balaban J connectivity index is 1.23. The summed E-state index contributed by atoms with van der Waals surface area (Å²) in [5.74, 6) is 3.63. The second-order valence-corrected chi connectivity index (χ2v) is 18.8. The van der Waals surface area contributed by atoms with Gasteiger partial charge in [-0.2, -0.15) is 0 Å². The van der Waals surface area contributed by atoms with Gasteiger partial charge in [-0.25, -0.2) is 0 Å². The van der Waals surface area contributed by atoms with E-state index in [1.807, 2.05) is 6.07 Å². The van der Waals surface area contributed by atoms with Crippen molar-refractivity contribution in [1.82, 2.24) is 4.57 Å². The van der Waals surface area contributed by atoms with Crippen LogP contribution in [0.15, 0.2) is 133 Å². The van der Waals surface area contributed by atoms with Gasteiger partial charge in [0.05, 0.1) is 22.1 Å². The average Bonchev–Trinajstić information content (AvgIpc) is 3.70. The molecule has 4 heterocycles. The van der Waals surface area contributed by atoms with Crippen molar-refractivity contribution in [3.8, 4) is 28.7 Å². The van der Waals surface area contributed by atoms with Gasteiger partial charge in [0.15, 0.2) is 0 Å². The van der Waals surface area contributed by atoms with Crippen LogP contribution in [0.5, 0.6) is 23.0 Å². The molecule has 1 aliphatic carbocycles.